The van der Waals surface area contributed by atoms with Crippen LogP contribution in [-0.4, -0.2) is 47.6 Å². The predicted molar refractivity (Wildman–Crippen MR) is 81.6 cm³/mol. The quantitative estimate of drug-likeness (QED) is 0.419. The van der Waals surface area contributed by atoms with E-state index in [4.69, 9.17) is 9.47 Å². The fourth-order valence-electron chi connectivity index (χ4n) is 1.44. The molecule has 1 aromatic heterocycles. The van der Waals surface area contributed by atoms with Gasteiger partial charge >= 0.3 is 5.97 Å². The minimum atomic E-state index is -0.301. The van der Waals surface area contributed by atoms with Gasteiger partial charge in [0.25, 0.3) is 5.91 Å². The lowest BCUT2D eigenvalue weighted by Crippen LogP contribution is -2.20. The lowest BCUT2D eigenvalue weighted by molar-refractivity contribution is -0.142. The van der Waals surface area contributed by atoms with Crippen LogP contribution in [0.3, 0.4) is 0 Å². The monoisotopic (exact) mass is 333 g/mol. The summed E-state index contributed by atoms with van der Waals surface area (Å²) in [4.78, 5) is 23.2. The number of carbonyl (C=O) groups is 2. The van der Waals surface area contributed by atoms with Gasteiger partial charge in [0.2, 0.25) is 5.13 Å². The number of esters is 1. The maximum Gasteiger partial charge on any atom is 0.319 e. The highest BCUT2D eigenvalue weighted by atomic mass is 32.2. The Morgan fingerprint density at radius 2 is 2.14 bits per heavy atom. The number of anilines is 1. The number of hydrogen-bond donors (Lipinski definition) is 1. The molecule has 0 saturated carbocycles. The summed E-state index contributed by atoms with van der Waals surface area (Å²) in [7, 11) is 1.44. The van der Waals surface area contributed by atoms with Crippen molar-refractivity contribution in [2.45, 2.75) is 36.3 Å². The number of aromatic nitrogens is 2. The van der Waals surface area contributed by atoms with Crippen LogP contribution in [0.2, 0.25) is 0 Å². The van der Waals surface area contributed by atoms with Gasteiger partial charge in [-0.25, -0.2) is 0 Å². The molecule has 9 heteroatoms. The van der Waals surface area contributed by atoms with E-state index in [2.05, 4.69) is 15.5 Å². The summed E-state index contributed by atoms with van der Waals surface area (Å²) in [5.41, 5.74) is 0. The molecular weight excluding hydrogens is 314 g/mol. The third-order valence-electron chi connectivity index (χ3n) is 2.27. The number of amides is 1. The van der Waals surface area contributed by atoms with Crippen molar-refractivity contribution in [2.75, 3.05) is 25.6 Å². The zero-order valence-corrected chi connectivity index (χ0v) is 13.9. The fourth-order valence-corrected chi connectivity index (χ4v) is 3.56. The second kappa shape index (κ2) is 9.69. The topological polar surface area (TPSA) is 90.4 Å². The Balaban J connectivity index is 2.61. The van der Waals surface area contributed by atoms with Crippen molar-refractivity contribution >= 4 is 40.1 Å². The number of nitrogens with one attached hydrogen (secondary N) is 1. The van der Waals surface area contributed by atoms with Crippen LogP contribution in [0.5, 0.6) is 0 Å². The number of methoxy groups -OCH3 is 1. The Kier molecular flexibility index (Phi) is 8.24. The van der Waals surface area contributed by atoms with Gasteiger partial charge in [0, 0.05) is 7.11 Å². The molecule has 0 bridgehead atoms. The van der Waals surface area contributed by atoms with Crippen molar-refractivity contribution in [1.29, 1.82) is 0 Å². The van der Waals surface area contributed by atoms with E-state index in [1.807, 2.05) is 6.92 Å². The molecule has 0 fully saturated rings. The number of rotatable bonds is 9. The molecule has 0 aliphatic rings. The zero-order chi connectivity index (χ0) is 15.7. The zero-order valence-electron chi connectivity index (χ0n) is 12.2. The molecule has 1 heterocycles. The van der Waals surface area contributed by atoms with Gasteiger partial charge in [0.15, 0.2) is 4.34 Å². The molecule has 7 nitrogen and oxygen atoms in total. The first-order chi connectivity index (χ1) is 10.1. The Hall–Kier alpha value is -1.19. The summed E-state index contributed by atoms with van der Waals surface area (Å²) in [6.45, 7) is 4.10. The van der Waals surface area contributed by atoms with Crippen molar-refractivity contribution in [3.05, 3.63) is 0 Å². The SMILES string of the molecule is CCC[C@H](Sc1nnc(NC(=O)COC)s1)C(=O)OCC. The Labute approximate surface area is 131 Å². The highest BCUT2D eigenvalue weighted by Crippen LogP contribution is 2.31. The summed E-state index contributed by atoms with van der Waals surface area (Å²) < 4.78 is 10.4. The Morgan fingerprint density at radius 1 is 1.38 bits per heavy atom. The van der Waals surface area contributed by atoms with Gasteiger partial charge in [-0.2, -0.15) is 0 Å². The van der Waals surface area contributed by atoms with Crippen LogP contribution in [0.15, 0.2) is 4.34 Å². The van der Waals surface area contributed by atoms with E-state index >= 15 is 0 Å². The molecule has 1 amide bonds. The van der Waals surface area contributed by atoms with Crippen molar-refractivity contribution in [3.63, 3.8) is 0 Å². The van der Waals surface area contributed by atoms with Gasteiger partial charge in [0.1, 0.15) is 11.9 Å². The summed E-state index contributed by atoms with van der Waals surface area (Å²) in [5.74, 6) is -0.537. The van der Waals surface area contributed by atoms with Gasteiger partial charge in [-0.05, 0) is 13.3 Å². The molecule has 0 radical (unpaired) electrons. The maximum absolute atomic E-state index is 11.8. The number of ether oxygens (including phenoxy) is 2. The number of thioether (sulfide) groups is 1. The smallest absolute Gasteiger partial charge is 0.319 e. The Morgan fingerprint density at radius 3 is 2.76 bits per heavy atom. The molecule has 1 atom stereocenters. The largest absolute Gasteiger partial charge is 0.465 e. The molecule has 0 aliphatic carbocycles. The molecule has 1 aromatic rings. The summed E-state index contributed by atoms with van der Waals surface area (Å²) >= 11 is 2.53. The standard InChI is InChI=1S/C12H19N3O4S2/c1-4-6-8(10(17)19-5-2)20-12-15-14-11(21-12)13-9(16)7-18-3/h8H,4-7H2,1-3H3,(H,13,14,16)/t8-/m0/s1. The molecule has 0 saturated heterocycles. The lowest BCUT2D eigenvalue weighted by Gasteiger charge is -2.11. The second-order valence-electron chi connectivity index (χ2n) is 4.00. The maximum atomic E-state index is 11.8. The van der Waals surface area contributed by atoms with Crippen LogP contribution in [0.4, 0.5) is 5.13 Å². The predicted octanol–water partition coefficient (Wildman–Crippen LogP) is 1.95. The number of hydrogen-bond acceptors (Lipinski definition) is 8. The lowest BCUT2D eigenvalue weighted by atomic mass is 10.2. The second-order valence-corrected chi connectivity index (χ2v) is 6.43. The van der Waals surface area contributed by atoms with E-state index < -0.39 is 0 Å². The summed E-state index contributed by atoms with van der Waals surface area (Å²) in [5, 5.41) is 10.5. The third kappa shape index (κ3) is 6.40. The summed E-state index contributed by atoms with van der Waals surface area (Å²) in [6, 6.07) is 0. The number of carbonyl (C=O) groups excluding carboxylic acids is 2. The van der Waals surface area contributed by atoms with Gasteiger partial charge in [0.05, 0.1) is 6.61 Å². The van der Waals surface area contributed by atoms with Crippen LogP contribution in [0.1, 0.15) is 26.7 Å². The molecule has 0 spiro atoms. The minimum absolute atomic E-state index is 0.0384. The van der Waals surface area contributed by atoms with Crippen molar-refractivity contribution < 1.29 is 19.1 Å². The number of nitrogens with zero attached hydrogens (tertiary/aromatic N) is 2. The molecule has 0 aliphatic heterocycles. The van der Waals surface area contributed by atoms with E-state index in [0.717, 1.165) is 6.42 Å². The van der Waals surface area contributed by atoms with Crippen LogP contribution in [0, 0.1) is 0 Å². The van der Waals surface area contributed by atoms with Crippen LogP contribution in [-0.2, 0) is 19.1 Å². The van der Waals surface area contributed by atoms with E-state index in [0.29, 0.717) is 22.5 Å². The first-order valence-electron chi connectivity index (χ1n) is 6.56. The van der Waals surface area contributed by atoms with Gasteiger partial charge in [-0.3, -0.25) is 14.9 Å². The average Bonchev–Trinajstić information content (AvgIpc) is 2.86. The molecule has 0 aromatic carbocycles. The van der Waals surface area contributed by atoms with Crippen molar-refractivity contribution in [3.8, 4) is 0 Å². The summed E-state index contributed by atoms with van der Waals surface area (Å²) in [6.07, 6.45) is 1.57. The van der Waals surface area contributed by atoms with E-state index in [-0.39, 0.29) is 23.7 Å². The first kappa shape index (κ1) is 17.9. The molecule has 118 valence electrons. The van der Waals surface area contributed by atoms with E-state index in [1.165, 1.54) is 30.2 Å². The van der Waals surface area contributed by atoms with Crippen molar-refractivity contribution in [2.24, 2.45) is 0 Å². The van der Waals surface area contributed by atoms with Gasteiger partial charge in [-0.1, -0.05) is 36.4 Å². The highest BCUT2D eigenvalue weighted by Gasteiger charge is 2.22. The first-order valence-corrected chi connectivity index (χ1v) is 8.25. The van der Waals surface area contributed by atoms with Crippen LogP contribution >= 0.6 is 23.1 Å². The van der Waals surface area contributed by atoms with Gasteiger partial charge < -0.3 is 9.47 Å². The van der Waals surface area contributed by atoms with E-state index in [9.17, 15) is 9.59 Å². The third-order valence-corrected chi connectivity index (χ3v) is 4.44. The molecule has 1 rings (SSSR count). The fraction of sp³-hybridized carbons (Fsp3) is 0.667. The van der Waals surface area contributed by atoms with E-state index in [1.54, 1.807) is 6.92 Å². The van der Waals surface area contributed by atoms with Crippen molar-refractivity contribution in [1.82, 2.24) is 10.2 Å². The molecule has 0 unspecified atom stereocenters. The molecular formula is C12H19N3O4S2. The van der Waals surface area contributed by atoms with Crippen LogP contribution in [0.25, 0.3) is 0 Å². The van der Waals surface area contributed by atoms with Gasteiger partial charge in [-0.15, -0.1) is 10.2 Å². The highest BCUT2D eigenvalue weighted by molar-refractivity contribution is 8.02. The minimum Gasteiger partial charge on any atom is -0.465 e. The normalized spacial score (nSPS) is 12.0. The Bertz CT molecular complexity index is 467. The van der Waals surface area contributed by atoms with Crippen LogP contribution < -0.4 is 5.32 Å². The molecule has 21 heavy (non-hydrogen) atoms. The average molecular weight is 333 g/mol. The molecule has 1 N–H and O–H groups in total.